The van der Waals surface area contributed by atoms with Gasteiger partial charge < -0.3 is 4.74 Å². The zero-order chi connectivity index (χ0) is 13.7. The number of aryl methyl sites for hydroxylation is 1. The molecule has 19 heavy (non-hydrogen) atoms. The summed E-state index contributed by atoms with van der Waals surface area (Å²) in [6, 6.07) is 12.8. The Hall–Kier alpha value is -2.07. The van der Waals surface area contributed by atoms with Gasteiger partial charge in [0.15, 0.2) is 0 Å². The van der Waals surface area contributed by atoms with Gasteiger partial charge in [0.05, 0.1) is 10.7 Å². The van der Waals surface area contributed by atoms with Crippen LogP contribution in [0.3, 0.4) is 0 Å². The van der Waals surface area contributed by atoms with Gasteiger partial charge in [0.2, 0.25) is 0 Å². The van der Waals surface area contributed by atoms with Gasteiger partial charge in [0, 0.05) is 0 Å². The summed E-state index contributed by atoms with van der Waals surface area (Å²) in [5, 5.41) is 3.11. The molecule has 0 spiro atoms. The molecule has 0 radical (unpaired) electrons. The molecular formula is C14H13ClN2O2. The smallest absolute Gasteiger partial charge is 0.413 e. The van der Waals surface area contributed by atoms with Gasteiger partial charge in [-0.15, -0.1) is 0 Å². The SMILES string of the molecule is Cc1nc(NC(=O)OCc2ccccc2)ccc1Cl. The largest absolute Gasteiger partial charge is 0.444 e. The molecule has 1 aromatic carbocycles. The van der Waals surface area contributed by atoms with Crippen LogP contribution in [0, 0.1) is 6.92 Å². The molecule has 0 saturated carbocycles. The highest BCUT2D eigenvalue weighted by molar-refractivity contribution is 6.31. The average molecular weight is 277 g/mol. The molecule has 0 bridgehead atoms. The predicted molar refractivity (Wildman–Crippen MR) is 74.2 cm³/mol. The molecule has 98 valence electrons. The third kappa shape index (κ3) is 3.96. The van der Waals surface area contributed by atoms with Crippen molar-refractivity contribution in [2.75, 3.05) is 5.32 Å². The van der Waals surface area contributed by atoms with Crippen molar-refractivity contribution in [1.82, 2.24) is 4.98 Å². The second-order valence-electron chi connectivity index (χ2n) is 3.95. The summed E-state index contributed by atoms with van der Waals surface area (Å²) in [5.41, 5.74) is 1.58. The summed E-state index contributed by atoms with van der Waals surface area (Å²) in [6.45, 7) is 1.99. The Labute approximate surface area is 116 Å². The number of anilines is 1. The lowest BCUT2D eigenvalue weighted by Crippen LogP contribution is -2.14. The van der Waals surface area contributed by atoms with Crippen LogP contribution in [0.4, 0.5) is 10.6 Å². The number of rotatable bonds is 3. The zero-order valence-corrected chi connectivity index (χ0v) is 11.1. The Morgan fingerprint density at radius 1 is 1.26 bits per heavy atom. The first-order valence-corrected chi connectivity index (χ1v) is 6.14. The Kier molecular flexibility index (Phi) is 4.36. The minimum atomic E-state index is -0.543. The van der Waals surface area contributed by atoms with Crippen LogP contribution in [0.1, 0.15) is 11.3 Å². The number of hydrogen-bond donors (Lipinski definition) is 1. The molecule has 0 aliphatic heterocycles. The number of hydrogen-bond acceptors (Lipinski definition) is 3. The lowest BCUT2D eigenvalue weighted by atomic mass is 10.2. The van der Waals surface area contributed by atoms with E-state index in [9.17, 15) is 4.79 Å². The number of benzene rings is 1. The summed E-state index contributed by atoms with van der Waals surface area (Å²) < 4.78 is 5.08. The van der Waals surface area contributed by atoms with Crippen molar-refractivity contribution in [3.63, 3.8) is 0 Å². The van der Waals surface area contributed by atoms with Gasteiger partial charge in [0.1, 0.15) is 12.4 Å². The van der Waals surface area contributed by atoms with Crippen LogP contribution >= 0.6 is 11.6 Å². The molecule has 0 aliphatic rings. The highest BCUT2D eigenvalue weighted by Gasteiger charge is 2.06. The van der Waals surface area contributed by atoms with E-state index in [1.165, 1.54) is 0 Å². The summed E-state index contributed by atoms with van der Waals surface area (Å²) in [5.74, 6) is 0.417. The minimum absolute atomic E-state index is 0.221. The van der Waals surface area contributed by atoms with Gasteiger partial charge >= 0.3 is 6.09 Å². The van der Waals surface area contributed by atoms with Crippen molar-refractivity contribution in [2.24, 2.45) is 0 Å². The fourth-order valence-corrected chi connectivity index (χ4v) is 1.58. The Morgan fingerprint density at radius 3 is 2.68 bits per heavy atom. The second kappa shape index (κ2) is 6.20. The van der Waals surface area contributed by atoms with Crippen LogP contribution in [0.15, 0.2) is 42.5 Å². The quantitative estimate of drug-likeness (QED) is 0.928. The molecular weight excluding hydrogens is 264 g/mol. The van der Waals surface area contributed by atoms with E-state index in [-0.39, 0.29) is 6.61 Å². The number of halogens is 1. The van der Waals surface area contributed by atoms with Crippen molar-refractivity contribution in [2.45, 2.75) is 13.5 Å². The van der Waals surface area contributed by atoms with E-state index in [2.05, 4.69) is 10.3 Å². The molecule has 1 amide bonds. The van der Waals surface area contributed by atoms with Crippen LogP contribution in [0.25, 0.3) is 0 Å². The van der Waals surface area contributed by atoms with Gasteiger partial charge in [-0.25, -0.2) is 9.78 Å². The molecule has 2 rings (SSSR count). The molecule has 0 aliphatic carbocycles. The van der Waals surface area contributed by atoms with E-state index in [0.29, 0.717) is 16.5 Å². The lowest BCUT2D eigenvalue weighted by Gasteiger charge is -2.07. The van der Waals surface area contributed by atoms with E-state index < -0.39 is 6.09 Å². The molecule has 1 aromatic heterocycles. The first kappa shape index (κ1) is 13.4. The molecule has 0 unspecified atom stereocenters. The number of carbonyl (C=O) groups excluding carboxylic acids is 1. The van der Waals surface area contributed by atoms with Crippen LogP contribution in [0.5, 0.6) is 0 Å². The Balaban J connectivity index is 1.89. The second-order valence-corrected chi connectivity index (χ2v) is 4.36. The lowest BCUT2D eigenvalue weighted by molar-refractivity contribution is 0.155. The third-order valence-electron chi connectivity index (χ3n) is 2.46. The maximum atomic E-state index is 11.6. The highest BCUT2D eigenvalue weighted by atomic mass is 35.5. The number of nitrogens with one attached hydrogen (secondary N) is 1. The monoisotopic (exact) mass is 276 g/mol. The van der Waals surface area contributed by atoms with Gasteiger partial charge in [-0.3, -0.25) is 5.32 Å². The topological polar surface area (TPSA) is 51.2 Å². The van der Waals surface area contributed by atoms with Gasteiger partial charge in [0.25, 0.3) is 0 Å². The fourth-order valence-electron chi connectivity index (χ4n) is 1.48. The number of aromatic nitrogens is 1. The van der Waals surface area contributed by atoms with Crippen molar-refractivity contribution in [1.29, 1.82) is 0 Å². The molecule has 4 nitrogen and oxygen atoms in total. The molecule has 5 heteroatoms. The fraction of sp³-hybridized carbons (Fsp3) is 0.143. The van der Waals surface area contributed by atoms with Crippen LogP contribution in [0.2, 0.25) is 5.02 Å². The summed E-state index contributed by atoms with van der Waals surface area (Å²) >= 11 is 5.85. The van der Waals surface area contributed by atoms with Crippen molar-refractivity contribution < 1.29 is 9.53 Å². The third-order valence-corrected chi connectivity index (χ3v) is 2.86. The van der Waals surface area contributed by atoms with Crippen LogP contribution in [-0.2, 0) is 11.3 Å². The molecule has 1 N–H and O–H groups in total. The minimum Gasteiger partial charge on any atom is -0.444 e. The normalized spacial score (nSPS) is 10.0. The maximum Gasteiger partial charge on any atom is 0.413 e. The molecule has 1 heterocycles. The van der Waals surface area contributed by atoms with Gasteiger partial charge in [-0.1, -0.05) is 41.9 Å². The van der Waals surface area contributed by atoms with E-state index in [1.54, 1.807) is 19.1 Å². The number of ether oxygens (including phenoxy) is 1. The number of amides is 1. The number of carbonyl (C=O) groups is 1. The maximum absolute atomic E-state index is 11.6. The van der Waals surface area contributed by atoms with Crippen LogP contribution < -0.4 is 5.32 Å². The Morgan fingerprint density at radius 2 is 2.00 bits per heavy atom. The molecule has 0 fully saturated rings. The standard InChI is InChI=1S/C14H13ClN2O2/c1-10-12(15)7-8-13(16-10)17-14(18)19-9-11-5-3-2-4-6-11/h2-8H,9H2,1H3,(H,16,17,18). The predicted octanol–water partition coefficient (Wildman–Crippen LogP) is 3.79. The van der Waals surface area contributed by atoms with E-state index in [4.69, 9.17) is 16.3 Å². The molecule has 0 saturated heterocycles. The first-order valence-electron chi connectivity index (χ1n) is 5.76. The summed E-state index contributed by atoms with van der Waals surface area (Å²) in [7, 11) is 0. The number of pyridine rings is 1. The highest BCUT2D eigenvalue weighted by Crippen LogP contribution is 2.15. The van der Waals surface area contributed by atoms with E-state index in [0.717, 1.165) is 5.56 Å². The summed E-state index contributed by atoms with van der Waals surface area (Å²) in [4.78, 5) is 15.7. The Bertz CT molecular complexity index is 573. The van der Waals surface area contributed by atoms with Gasteiger partial charge in [-0.05, 0) is 24.6 Å². The first-order chi connectivity index (χ1) is 9.15. The van der Waals surface area contributed by atoms with Gasteiger partial charge in [-0.2, -0.15) is 0 Å². The number of nitrogens with zero attached hydrogens (tertiary/aromatic N) is 1. The molecule has 0 atom stereocenters. The van der Waals surface area contributed by atoms with E-state index >= 15 is 0 Å². The van der Waals surface area contributed by atoms with E-state index in [1.807, 2.05) is 30.3 Å². The average Bonchev–Trinajstić information content (AvgIpc) is 2.42. The van der Waals surface area contributed by atoms with Crippen molar-refractivity contribution in [3.8, 4) is 0 Å². The zero-order valence-electron chi connectivity index (χ0n) is 10.4. The van der Waals surface area contributed by atoms with Crippen molar-refractivity contribution >= 4 is 23.5 Å². The van der Waals surface area contributed by atoms with Crippen LogP contribution in [-0.4, -0.2) is 11.1 Å². The van der Waals surface area contributed by atoms with Crippen molar-refractivity contribution in [3.05, 3.63) is 58.7 Å². The molecule has 2 aromatic rings. The summed E-state index contributed by atoms with van der Waals surface area (Å²) in [6.07, 6.45) is -0.543.